The highest BCUT2D eigenvalue weighted by molar-refractivity contribution is 7.89. The van der Waals surface area contributed by atoms with Gasteiger partial charge in [0.05, 0.1) is 6.26 Å². The molecule has 1 aromatic carbocycles. The summed E-state index contributed by atoms with van der Waals surface area (Å²) >= 11 is 0. The maximum absolute atomic E-state index is 12.2. The zero-order valence-electron chi connectivity index (χ0n) is 10.5. The standard InChI is InChI=1S/C11H13F2NO4S/c1-6-4-8(10(15)14-19(3,16)17)5-7(2)9(6)18-11(12)13/h4-5,11H,1-3H3,(H,14,15). The van der Waals surface area contributed by atoms with Crippen molar-refractivity contribution in [2.45, 2.75) is 20.5 Å². The molecule has 1 rings (SSSR count). The fraction of sp³-hybridized carbons (Fsp3) is 0.364. The van der Waals surface area contributed by atoms with Crippen molar-refractivity contribution in [3.63, 3.8) is 0 Å². The largest absolute Gasteiger partial charge is 0.434 e. The highest BCUT2D eigenvalue weighted by atomic mass is 32.2. The van der Waals surface area contributed by atoms with Gasteiger partial charge in [-0.1, -0.05) is 0 Å². The fourth-order valence-electron chi connectivity index (χ4n) is 1.58. The molecule has 0 atom stereocenters. The number of sulfonamides is 1. The fourth-order valence-corrected chi connectivity index (χ4v) is 2.04. The van der Waals surface area contributed by atoms with E-state index in [0.717, 1.165) is 6.26 Å². The molecular weight excluding hydrogens is 280 g/mol. The maximum Gasteiger partial charge on any atom is 0.387 e. The van der Waals surface area contributed by atoms with E-state index in [4.69, 9.17) is 0 Å². The average molecular weight is 293 g/mol. The Morgan fingerprint density at radius 2 is 1.74 bits per heavy atom. The molecular formula is C11H13F2NO4S. The van der Waals surface area contributed by atoms with E-state index in [0.29, 0.717) is 11.1 Å². The van der Waals surface area contributed by atoms with Crippen molar-refractivity contribution >= 4 is 15.9 Å². The minimum atomic E-state index is -3.68. The molecule has 0 aliphatic heterocycles. The van der Waals surface area contributed by atoms with Crippen molar-refractivity contribution in [1.82, 2.24) is 4.72 Å². The molecule has 0 saturated heterocycles. The van der Waals surface area contributed by atoms with Crippen molar-refractivity contribution < 1.29 is 26.7 Å². The summed E-state index contributed by atoms with van der Waals surface area (Å²) in [5, 5.41) is 0. The summed E-state index contributed by atoms with van der Waals surface area (Å²) in [7, 11) is -3.68. The quantitative estimate of drug-likeness (QED) is 0.915. The van der Waals surface area contributed by atoms with E-state index in [1.807, 2.05) is 0 Å². The third-order valence-electron chi connectivity index (χ3n) is 2.21. The molecule has 1 aromatic rings. The van der Waals surface area contributed by atoms with Crippen molar-refractivity contribution in [2.24, 2.45) is 0 Å². The second-order valence-corrected chi connectivity index (χ2v) is 5.77. The molecule has 0 heterocycles. The number of alkyl halides is 2. The number of carbonyl (C=O) groups is 1. The van der Waals surface area contributed by atoms with Gasteiger partial charge in [-0.3, -0.25) is 4.79 Å². The molecule has 0 aromatic heterocycles. The van der Waals surface area contributed by atoms with Crippen LogP contribution in [0.4, 0.5) is 8.78 Å². The first-order chi connectivity index (χ1) is 8.60. The van der Waals surface area contributed by atoms with Crippen LogP contribution in [0.25, 0.3) is 0 Å². The average Bonchev–Trinajstić information content (AvgIpc) is 2.20. The number of halogens is 2. The molecule has 1 N–H and O–H groups in total. The summed E-state index contributed by atoms with van der Waals surface area (Å²) in [6.07, 6.45) is 0.846. The van der Waals surface area contributed by atoms with E-state index >= 15 is 0 Å². The van der Waals surface area contributed by atoms with Gasteiger partial charge in [0.1, 0.15) is 5.75 Å². The highest BCUT2D eigenvalue weighted by Gasteiger charge is 2.16. The number of carbonyl (C=O) groups excluding carboxylic acids is 1. The lowest BCUT2D eigenvalue weighted by Gasteiger charge is -2.13. The smallest absolute Gasteiger partial charge is 0.387 e. The Balaban J connectivity index is 3.11. The van der Waals surface area contributed by atoms with Gasteiger partial charge in [-0.05, 0) is 37.1 Å². The Hall–Kier alpha value is -1.70. The van der Waals surface area contributed by atoms with Crippen LogP contribution in [0.5, 0.6) is 5.75 Å². The van der Waals surface area contributed by atoms with E-state index in [1.54, 1.807) is 4.72 Å². The molecule has 0 aliphatic carbocycles. The SMILES string of the molecule is Cc1cc(C(=O)NS(C)(=O)=O)cc(C)c1OC(F)F. The molecule has 106 valence electrons. The number of nitrogens with one attached hydrogen (secondary N) is 1. The summed E-state index contributed by atoms with van der Waals surface area (Å²) in [6.45, 7) is 0.0113. The second-order valence-electron chi connectivity index (χ2n) is 4.02. The Kier molecular flexibility index (Phi) is 4.46. The van der Waals surface area contributed by atoms with Crippen LogP contribution in [0.3, 0.4) is 0 Å². The van der Waals surface area contributed by atoms with Gasteiger partial charge in [-0.25, -0.2) is 13.1 Å². The van der Waals surface area contributed by atoms with Gasteiger partial charge in [0.15, 0.2) is 0 Å². The van der Waals surface area contributed by atoms with Crippen molar-refractivity contribution in [3.05, 3.63) is 28.8 Å². The van der Waals surface area contributed by atoms with Crippen molar-refractivity contribution in [3.8, 4) is 5.75 Å². The van der Waals surface area contributed by atoms with Gasteiger partial charge in [0.25, 0.3) is 5.91 Å². The molecule has 0 aliphatic rings. The van der Waals surface area contributed by atoms with Crippen molar-refractivity contribution in [2.75, 3.05) is 6.26 Å². The molecule has 0 spiro atoms. The molecule has 0 bridgehead atoms. The molecule has 19 heavy (non-hydrogen) atoms. The molecule has 0 unspecified atom stereocenters. The minimum absolute atomic E-state index is 0.0223. The Bertz CT molecular complexity index is 576. The third kappa shape index (κ3) is 4.47. The number of amides is 1. The zero-order chi connectivity index (χ0) is 14.8. The van der Waals surface area contributed by atoms with E-state index in [1.165, 1.54) is 26.0 Å². The Morgan fingerprint density at radius 3 is 2.11 bits per heavy atom. The van der Waals surface area contributed by atoms with E-state index in [9.17, 15) is 22.0 Å². The van der Waals surface area contributed by atoms with Crippen LogP contribution in [0.15, 0.2) is 12.1 Å². The topological polar surface area (TPSA) is 72.5 Å². The van der Waals surface area contributed by atoms with E-state index in [2.05, 4.69) is 4.74 Å². The second kappa shape index (κ2) is 5.52. The van der Waals surface area contributed by atoms with Crippen LogP contribution in [0.2, 0.25) is 0 Å². The lowest BCUT2D eigenvalue weighted by atomic mass is 10.1. The minimum Gasteiger partial charge on any atom is -0.434 e. The summed E-state index contributed by atoms with van der Waals surface area (Å²) in [5.41, 5.74) is 0.694. The van der Waals surface area contributed by atoms with Gasteiger partial charge in [-0.2, -0.15) is 8.78 Å². The number of ether oxygens (including phenoxy) is 1. The number of benzene rings is 1. The van der Waals surface area contributed by atoms with Crippen LogP contribution in [0.1, 0.15) is 21.5 Å². The van der Waals surface area contributed by atoms with Crippen LogP contribution in [-0.4, -0.2) is 27.2 Å². The third-order valence-corrected chi connectivity index (χ3v) is 2.76. The molecule has 0 fully saturated rings. The summed E-state index contributed by atoms with van der Waals surface area (Å²) < 4.78 is 52.4. The zero-order valence-corrected chi connectivity index (χ0v) is 11.3. The Labute approximate surface area is 109 Å². The first-order valence-electron chi connectivity index (χ1n) is 5.18. The van der Waals surface area contributed by atoms with Gasteiger partial charge in [-0.15, -0.1) is 0 Å². The molecule has 1 amide bonds. The molecule has 0 radical (unpaired) electrons. The summed E-state index contributed by atoms with van der Waals surface area (Å²) in [5.74, 6) is -0.844. The van der Waals surface area contributed by atoms with Gasteiger partial charge in [0, 0.05) is 5.56 Å². The lowest BCUT2D eigenvalue weighted by Crippen LogP contribution is -2.29. The molecule has 8 heteroatoms. The monoisotopic (exact) mass is 293 g/mol. The first kappa shape index (κ1) is 15.4. The van der Waals surface area contributed by atoms with Crippen LogP contribution in [-0.2, 0) is 10.0 Å². The van der Waals surface area contributed by atoms with Crippen molar-refractivity contribution in [1.29, 1.82) is 0 Å². The Morgan fingerprint density at radius 1 is 1.26 bits per heavy atom. The van der Waals surface area contributed by atoms with Crippen LogP contribution in [0, 0.1) is 13.8 Å². The first-order valence-corrected chi connectivity index (χ1v) is 7.07. The normalized spacial score (nSPS) is 11.5. The van der Waals surface area contributed by atoms with E-state index in [-0.39, 0.29) is 11.3 Å². The van der Waals surface area contributed by atoms with Crippen LogP contribution >= 0.6 is 0 Å². The van der Waals surface area contributed by atoms with Gasteiger partial charge >= 0.3 is 6.61 Å². The van der Waals surface area contributed by atoms with Gasteiger partial charge in [0.2, 0.25) is 10.0 Å². The number of rotatable bonds is 4. The number of aryl methyl sites for hydroxylation is 2. The number of hydrogen-bond donors (Lipinski definition) is 1. The maximum atomic E-state index is 12.2. The predicted molar refractivity (Wildman–Crippen MR) is 64.9 cm³/mol. The molecule has 0 saturated carbocycles. The number of hydrogen-bond acceptors (Lipinski definition) is 4. The summed E-state index contributed by atoms with van der Waals surface area (Å²) in [4.78, 5) is 11.6. The molecule has 5 nitrogen and oxygen atoms in total. The van der Waals surface area contributed by atoms with E-state index < -0.39 is 22.5 Å². The van der Waals surface area contributed by atoms with Crippen LogP contribution < -0.4 is 9.46 Å². The summed E-state index contributed by atoms with van der Waals surface area (Å²) in [6, 6.07) is 2.57. The lowest BCUT2D eigenvalue weighted by molar-refractivity contribution is -0.0507. The predicted octanol–water partition coefficient (Wildman–Crippen LogP) is 1.59. The van der Waals surface area contributed by atoms with Gasteiger partial charge < -0.3 is 4.74 Å². The highest BCUT2D eigenvalue weighted by Crippen LogP contribution is 2.26.